The number of carboxylic acids is 1. The van der Waals surface area contributed by atoms with E-state index in [2.05, 4.69) is 15.1 Å². The number of carbonyl (C=O) groups excluding carboxylic acids is 1. The van der Waals surface area contributed by atoms with E-state index in [1.807, 2.05) is 48.5 Å². The molecule has 0 radical (unpaired) electrons. The zero-order valence-electron chi connectivity index (χ0n) is 27.0. The molecule has 48 heavy (non-hydrogen) atoms. The van der Waals surface area contributed by atoms with Crippen LogP contribution in [0.2, 0.25) is 0 Å². The number of amides is 1. The Labute approximate surface area is 280 Å². The lowest BCUT2D eigenvalue weighted by atomic mass is 9.99. The molecule has 5 rings (SSSR count). The number of hydrogen-bond acceptors (Lipinski definition) is 9. The first-order valence-electron chi connectivity index (χ1n) is 16.6. The van der Waals surface area contributed by atoms with Gasteiger partial charge in [0.05, 0.1) is 23.7 Å². The first-order valence-corrected chi connectivity index (χ1v) is 16.6. The van der Waals surface area contributed by atoms with E-state index < -0.39 is 12.3 Å². The summed E-state index contributed by atoms with van der Waals surface area (Å²) in [5, 5.41) is 32.2. The molecule has 0 saturated carbocycles. The van der Waals surface area contributed by atoms with Crippen LogP contribution < -0.4 is 10.2 Å². The van der Waals surface area contributed by atoms with Crippen LogP contribution in [-0.2, 0) is 25.7 Å². The normalized spacial score (nSPS) is 19.9. The Morgan fingerprint density at radius 1 is 0.833 bits per heavy atom. The van der Waals surface area contributed by atoms with Crippen LogP contribution >= 0.6 is 0 Å². The summed E-state index contributed by atoms with van der Waals surface area (Å²) >= 11 is 0. The van der Waals surface area contributed by atoms with E-state index in [4.69, 9.17) is 14.6 Å². The minimum Gasteiger partial charge on any atom is -0.481 e. The summed E-state index contributed by atoms with van der Waals surface area (Å²) in [5.41, 5.74) is 4.43. The van der Waals surface area contributed by atoms with E-state index in [1.54, 1.807) is 24.3 Å². The quantitative estimate of drug-likeness (QED) is 0.103. The van der Waals surface area contributed by atoms with Crippen LogP contribution in [0, 0.1) is 10.1 Å². The highest BCUT2D eigenvalue weighted by molar-refractivity contribution is 5.90. The number of benzene rings is 3. The number of nitrogens with one attached hydrogen (secondary N) is 1. The first kappa shape index (κ1) is 35.0. The Hall–Kier alpha value is -4.36. The highest BCUT2D eigenvalue weighted by Crippen LogP contribution is 2.38. The predicted octanol–water partition coefficient (Wildman–Crippen LogP) is 5.82. The highest BCUT2D eigenvalue weighted by Gasteiger charge is 2.34. The van der Waals surface area contributed by atoms with E-state index in [0.29, 0.717) is 31.4 Å². The van der Waals surface area contributed by atoms with Crippen molar-refractivity contribution in [1.82, 2.24) is 4.90 Å². The van der Waals surface area contributed by atoms with Crippen molar-refractivity contribution >= 4 is 28.9 Å². The maximum Gasteiger partial charge on any atom is 0.303 e. The maximum absolute atomic E-state index is 12.5. The van der Waals surface area contributed by atoms with Crippen LogP contribution in [-0.4, -0.2) is 70.7 Å². The monoisotopic (exact) mass is 660 g/mol. The molecule has 2 saturated heterocycles. The summed E-state index contributed by atoms with van der Waals surface area (Å²) in [6.07, 6.45) is 3.23. The molecule has 2 heterocycles. The lowest BCUT2D eigenvalue weighted by Gasteiger charge is -2.41. The van der Waals surface area contributed by atoms with Crippen LogP contribution in [0.15, 0.2) is 72.8 Å². The molecular formula is C36H44N4O8. The molecule has 3 atom stereocenters. The van der Waals surface area contributed by atoms with Gasteiger partial charge >= 0.3 is 5.97 Å². The van der Waals surface area contributed by atoms with Crippen LogP contribution in [0.3, 0.4) is 0 Å². The van der Waals surface area contributed by atoms with Gasteiger partial charge in [-0.05, 0) is 48.2 Å². The second-order valence-electron chi connectivity index (χ2n) is 12.4. The standard InChI is InChI=1S/C36H44N4O8/c41-25-26-7-9-27(10-8-26)33-23-32(24-38-19-21-39(22-20-38)30-15-17-31(18-16-30)40(45)46)47-36(48-33)28-11-13-29(14-12-28)37-34(42)5-3-1-2-4-6-35(43)44/h7-18,32-33,36,41H,1-6,19-25H2,(H,37,42)(H,43,44). The van der Waals surface area contributed by atoms with Crippen molar-refractivity contribution in [3.05, 3.63) is 99.6 Å². The molecular weight excluding hydrogens is 616 g/mol. The molecule has 3 aromatic carbocycles. The van der Waals surface area contributed by atoms with Crippen molar-refractivity contribution in [2.45, 2.75) is 70.1 Å². The number of rotatable bonds is 15. The average Bonchev–Trinajstić information content (AvgIpc) is 3.10. The first-order chi connectivity index (χ1) is 23.3. The number of nitro groups is 1. The predicted molar refractivity (Wildman–Crippen MR) is 181 cm³/mol. The maximum atomic E-state index is 12.5. The molecule has 3 unspecified atom stereocenters. The number of carbonyl (C=O) groups is 2. The van der Waals surface area contributed by atoms with Crippen LogP contribution in [0.5, 0.6) is 0 Å². The topological polar surface area (TPSA) is 155 Å². The molecule has 1 amide bonds. The fourth-order valence-corrected chi connectivity index (χ4v) is 6.16. The number of piperazine rings is 1. The largest absolute Gasteiger partial charge is 0.481 e. The van der Waals surface area contributed by atoms with Crippen molar-refractivity contribution in [2.24, 2.45) is 0 Å². The Bertz CT molecular complexity index is 1490. The molecule has 256 valence electrons. The molecule has 0 aromatic heterocycles. The highest BCUT2D eigenvalue weighted by atomic mass is 16.7. The summed E-state index contributed by atoms with van der Waals surface area (Å²) in [7, 11) is 0. The molecule has 12 nitrogen and oxygen atoms in total. The summed E-state index contributed by atoms with van der Waals surface area (Å²) in [4.78, 5) is 38.4. The number of nitro benzene ring substituents is 1. The molecule has 2 aliphatic rings. The number of non-ortho nitro benzene ring substituents is 1. The number of nitrogens with zero attached hydrogens (tertiary/aromatic N) is 3. The Morgan fingerprint density at radius 3 is 2.10 bits per heavy atom. The molecule has 2 fully saturated rings. The van der Waals surface area contributed by atoms with Gasteiger partial charge < -0.3 is 29.9 Å². The lowest BCUT2D eigenvalue weighted by molar-refractivity contribution is -0.384. The number of anilines is 2. The molecule has 0 spiro atoms. The van der Waals surface area contributed by atoms with Gasteiger partial charge in [-0.1, -0.05) is 49.2 Å². The van der Waals surface area contributed by atoms with Gasteiger partial charge in [-0.25, -0.2) is 0 Å². The van der Waals surface area contributed by atoms with Gasteiger partial charge in [0.1, 0.15) is 0 Å². The van der Waals surface area contributed by atoms with E-state index >= 15 is 0 Å². The van der Waals surface area contributed by atoms with E-state index in [9.17, 15) is 24.8 Å². The molecule has 0 aliphatic carbocycles. The number of aliphatic hydroxyl groups is 1. The Kier molecular flexibility index (Phi) is 12.5. The molecule has 0 bridgehead atoms. The van der Waals surface area contributed by atoms with Gasteiger partial charge in [0.25, 0.3) is 5.69 Å². The minimum atomic E-state index is -0.792. The Morgan fingerprint density at radius 2 is 1.48 bits per heavy atom. The van der Waals surface area contributed by atoms with Gasteiger partial charge in [-0.2, -0.15) is 0 Å². The van der Waals surface area contributed by atoms with Gasteiger partial charge in [-0.15, -0.1) is 0 Å². The lowest BCUT2D eigenvalue weighted by Crippen LogP contribution is -2.49. The number of aliphatic carboxylic acids is 1. The average molecular weight is 661 g/mol. The molecule has 2 aliphatic heterocycles. The number of unbranched alkanes of at least 4 members (excludes halogenated alkanes) is 3. The van der Waals surface area contributed by atoms with E-state index in [-0.39, 0.29) is 41.8 Å². The van der Waals surface area contributed by atoms with Crippen molar-refractivity contribution < 1.29 is 34.2 Å². The number of hydrogen-bond donors (Lipinski definition) is 3. The summed E-state index contributed by atoms with van der Waals surface area (Å²) < 4.78 is 13.0. The minimum absolute atomic E-state index is 0.0261. The zero-order chi connectivity index (χ0) is 33.9. The zero-order valence-corrected chi connectivity index (χ0v) is 27.0. The third kappa shape index (κ3) is 10.1. The summed E-state index contributed by atoms with van der Waals surface area (Å²) in [6, 6.07) is 22.0. The third-order valence-corrected chi connectivity index (χ3v) is 8.89. The number of aliphatic hydroxyl groups excluding tert-OH is 1. The van der Waals surface area contributed by atoms with Crippen LogP contribution in [0.1, 0.15) is 74.0 Å². The van der Waals surface area contributed by atoms with Crippen molar-refractivity contribution in [3.8, 4) is 0 Å². The molecule has 3 N–H and O–H groups in total. The van der Waals surface area contributed by atoms with E-state index in [1.165, 1.54) is 0 Å². The Balaban J connectivity index is 1.18. The second kappa shape index (κ2) is 17.2. The summed E-state index contributed by atoms with van der Waals surface area (Å²) in [5.74, 6) is -0.869. The third-order valence-electron chi connectivity index (χ3n) is 8.89. The van der Waals surface area contributed by atoms with Crippen LogP contribution in [0.25, 0.3) is 0 Å². The van der Waals surface area contributed by atoms with Crippen molar-refractivity contribution in [3.63, 3.8) is 0 Å². The summed E-state index contributed by atoms with van der Waals surface area (Å²) in [6.45, 7) is 3.96. The number of ether oxygens (including phenoxy) is 2. The molecule has 3 aromatic rings. The fraction of sp³-hybridized carbons (Fsp3) is 0.444. The van der Waals surface area contributed by atoms with E-state index in [0.717, 1.165) is 67.9 Å². The van der Waals surface area contributed by atoms with Gasteiger partial charge in [0.15, 0.2) is 6.29 Å². The van der Waals surface area contributed by atoms with Gasteiger partial charge in [0.2, 0.25) is 5.91 Å². The van der Waals surface area contributed by atoms with Gasteiger partial charge in [0, 0.05) is 81.1 Å². The second-order valence-corrected chi connectivity index (χ2v) is 12.4. The number of carboxylic acid groups (broad SMARTS) is 1. The van der Waals surface area contributed by atoms with Crippen LogP contribution in [0.4, 0.5) is 17.1 Å². The van der Waals surface area contributed by atoms with Gasteiger partial charge in [-0.3, -0.25) is 24.6 Å². The SMILES string of the molecule is O=C(O)CCCCCCC(=O)Nc1ccc(C2OC(CN3CCN(c4ccc([N+](=O)[O-])cc4)CC3)CC(c3ccc(CO)cc3)O2)cc1. The fourth-order valence-electron chi connectivity index (χ4n) is 6.16. The van der Waals surface area contributed by atoms with Crippen molar-refractivity contribution in [2.75, 3.05) is 42.9 Å². The van der Waals surface area contributed by atoms with Crippen molar-refractivity contribution in [1.29, 1.82) is 0 Å². The molecule has 12 heteroatoms. The smallest absolute Gasteiger partial charge is 0.303 e.